The zero-order valence-electron chi connectivity index (χ0n) is 24.6. The molecule has 1 atom stereocenters. The van der Waals surface area contributed by atoms with Gasteiger partial charge in [0.25, 0.3) is 11.5 Å². The Morgan fingerprint density at radius 3 is 2.64 bits per heavy atom. The summed E-state index contributed by atoms with van der Waals surface area (Å²) < 4.78 is 0. The van der Waals surface area contributed by atoms with Gasteiger partial charge in [-0.3, -0.25) is 14.6 Å². The van der Waals surface area contributed by atoms with E-state index in [-0.39, 0.29) is 29.0 Å². The molecule has 0 bridgehead atoms. The number of aromatic nitrogens is 1. The maximum Gasteiger partial charge on any atom is 0.261 e. The Morgan fingerprint density at radius 1 is 1.07 bits per heavy atom. The molecule has 42 heavy (non-hydrogen) atoms. The molecule has 1 aromatic heterocycles. The fourth-order valence-electron chi connectivity index (χ4n) is 5.01. The molecule has 0 radical (unpaired) electrons. The lowest BCUT2D eigenvalue weighted by molar-refractivity contribution is 0.0951. The number of amidine groups is 1. The van der Waals surface area contributed by atoms with E-state index in [0.717, 1.165) is 43.9 Å². The second kappa shape index (κ2) is 14.3. The number of nitrogens with two attached hydrogens (primary N) is 2. The first kappa shape index (κ1) is 30.3. The largest absolute Gasteiger partial charge is 0.397 e. The Morgan fingerprint density at radius 2 is 1.86 bits per heavy atom. The number of carbonyl (C=O) groups excluding carboxylic acids is 1. The van der Waals surface area contributed by atoms with Gasteiger partial charge in [0, 0.05) is 42.8 Å². The second-order valence-corrected chi connectivity index (χ2v) is 10.2. The predicted molar refractivity (Wildman–Crippen MR) is 173 cm³/mol. The molecule has 1 saturated heterocycles. The van der Waals surface area contributed by atoms with E-state index in [2.05, 4.69) is 44.3 Å². The molecule has 220 valence electrons. The molecule has 0 saturated carbocycles. The van der Waals surface area contributed by atoms with Crippen LogP contribution in [0.1, 0.15) is 41.8 Å². The number of pyridine rings is 1. The smallest absolute Gasteiger partial charge is 0.261 e. The van der Waals surface area contributed by atoms with E-state index in [4.69, 9.17) is 11.5 Å². The highest BCUT2D eigenvalue weighted by atomic mass is 16.1. The molecule has 6 N–H and O–H groups in total. The van der Waals surface area contributed by atoms with Gasteiger partial charge in [0.15, 0.2) is 0 Å². The van der Waals surface area contributed by atoms with Crippen molar-refractivity contribution in [2.24, 2.45) is 10.7 Å². The van der Waals surface area contributed by atoms with Gasteiger partial charge in [-0.25, -0.2) is 0 Å². The highest BCUT2D eigenvalue weighted by Gasteiger charge is 2.18. The number of likely N-dealkylation sites (N-methyl/N-ethyl adjacent to an activating group) is 1. The molecule has 9 nitrogen and oxygen atoms in total. The molecule has 5 rings (SSSR count). The SMILES string of the molecule is CC.CN1CCCN(C2=CC=CC(N=C(N)c3c(N)c4cc(C(=O)NCc5ccccc5)ccc4[nH]c3=O)C=C2)CC1. The summed E-state index contributed by atoms with van der Waals surface area (Å²) in [4.78, 5) is 38.0. The van der Waals surface area contributed by atoms with Crippen LogP contribution >= 0.6 is 0 Å². The molecule has 2 aromatic carbocycles. The van der Waals surface area contributed by atoms with Crippen LogP contribution in [0.15, 0.2) is 94.4 Å². The number of anilines is 1. The normalized spacial score (nSPS) is 17.6. The monoisotopic (exact) mass is 567 g/mol. The summed E-state index contributed by atoms with van der Waals surface area (Å²) in [5.74, 6) is -0.202. The van der Waals surface area contributed by atoms with E-state index in [0.29, 0.717) is 23.0 Å². The van der Waals surface area contributed by atoms with Crippen LogP contribution in [0.3, 0.4) is 0 Å². The molecule has 9 heteroatoms. The average molecular weight is 568 g/mol. The van der Waals surface area contributed by atoms with E-state index in [1.165, 1.54) is 0 Å². The number of H-pyrrole nitrogens is 1. The summed E-state index contributed by atoms with van der Waals surface area (Å²) in [7, 11) is 2.15. The predicted octanol–water partition coefficient (Wildman–Crippen LogP) is 3.79. The first-order chi connectivity index (χ1) is 20.4. The molecule has 2 aliphatic rings. The van der Waals surface area contributed by atoms with Gasteiger partial charge in [-0.2, -0.15) is 0 Å². The van der Waals surface area contributed by atoms with Crippen LogP contribution in [-0.4, -0.2) is 65.8 Å². The maximum atomic E-state index is 13.0. The molecule has 3 aromatic rings. The molecule has 1 aliphatic heterocycles. The van der Waals surface area contributed by atoms with Gasteiger partial charge in [0.1, 0.15) is 11.4 Å². The lowest BCUT2D eigenvalue weighted by atomic mass is 10.1. The second-order valence-electron chi connectivity index (χ2n) is 10.2. The van der Waals surface area contributed by atoms with Crippen molar-refractivity contribution >= 4 is 28.3 Å². The molecule has 1 aliphatic carbocycles. The molecule has 0 spiro atoms. The number of allylic oxidation sites excluding steroid dienone is 3. The van der Waals surface area contributed by atoms with Crippen molar-refractivity contribution in [3.05, 3.63) is 112 Å². The summed E-state index contributed by atoms with van der Waals surface area (Å²) in [6, 6.07) is 14.3. The number of fused-ring (bicyclic) bond motifs is 1. The zero-order valence-corrected chi connectivity index (χ0v) is 24.6. The molecule has 1 unspecified atom stereocenters. The van der Waals surface area contributed by atoms with Gasteiger partial charge < -0.3 is 31.6 Å². The number of nitrogens with one attached hydrogen (secondary N) is 2. The van der Waals surface area contributed by atoms with Crippen molar-refractivity contribution in [1.29, 1.82) is 0 Å². The Hall–Kier alpha value is -4.63. The Labute approximate surface area is 247 Å². The minimum atomic E-state index is -0.429. The van der Waals surface area contributed by atoms with Gasteiger partial charge in [0.05, 0.1) is 17.2 Å². The molecule has 1 fully saturated rings. The first-order valence-electron chi connectivity index (χ1n) is 14.5. The van der Waals surface area contributed by atoms with Crippen molar-refractivity contribution in [2.75, 3.05) is 39.0 Å². The minimum absolute atomic E-state index is 0.0405. The van der Waals surface area contributed by atoms with Crippen molar-refractivity contribution in [1.82, 2.24) is 20.1 Å². The van der Waals surface area contributed by atoms with Crippen LogP contribution in [0.2, 0.25) is 0 Å². The van der Waals surface area contributed by atoms with Gasteiger partial charge in [-0.15, -0.1) is 0 Å². The van der Waals surface area contributed by atoms with Crippen molar-refractivity contribution in [3.63, 3.8) is 0 Å². The van der Waals surface area contributed by atoms with E-state index >= 15 is 0 Å². The van der Waals surface area contributed by atoms with E-state index in [9.17, 15) is 9.59 Å². The summed E-state index contributed by atoms with van der Waals surface area (Å²) in [5.41, 5.74) is 15.8. The summed E-state index contributed by atoms with van der Waals surface area (Å²) >= 11 is 0. The van der Waals surface area contributed by atoms with Crippen molar-refractivity contribution < 1.29 is 4.79 Å². The number of aromatic amines is 1. The average Bonchev–Trinajstić information content (AvgIpc) is 3.37. The Kier molecular flexibility index (Phi) is 10.3. The number of benzene rings is 2. The number of carbonyl (C=O) groups is 1. The fourth-order valence-corrected chi connectivity index (χ4v) is 5.01. The van der Waals surface area contributed by atoms with Gasteiger partial charge >= 0.3 is 0 Å². The molecular formula is C33H41N7O2. The quantitative estimate of drug-likeness (QED) is 0.265. The van der Waals surface area contributed by atoms with E-state index in [1.54, 1.807) is 18.2 Å². The lowest BCUT2D eigenvalue weighted by Crippen LogP contribution is -2.28. The standard InChI is InChI=1S/C31H35N7O2.C2H6/c1-37-15-6-16-38(18-17-37)24-10-5-9-23(12-13-24)35-29(33)27-28(32)25-19-22(11-14-26(25)36-31(27)40)30(39)34-20-21-7-3-2-4-8-21;1-2/h2-5,7-14,19,23H,6,15-18,20H2,1H3,(H2,33,35)(H,34,39)(H3,32,36,40);1-2H3. The minimum Gasteiger partial charge on any atom is -0.397 e. The first-order valence-corrected chi connectivity index (χ1v) is 14.5. The topological polar surface area (TPSA) is 133 Å². The summed E-state index contributed by atoms with van der Waals surface area (Å²) in [6.45, 7) is 8.47. The van der Waals surface area contributed by atoms with Crippen molar-refractivity contribution in [3.8, 4) is 0 Å². The summed E-state index contributed by atoms with van der Waals surface area (Å²) in [5, 5.41) is 3.44. The third-order valence-electron chi connectivity index (χ3n) is 7.28. The number of nitrogens with zero attached hydrogens (tertiary/aromatic N) is 3. The number of hydrogen-bond acceptors (Lipinski definition) is 6. The van der Waals surface area contributed by atoms with Crippen LogP contribution in [0.25, 0.3) is 10.9 Å². The molecular weight excluding hydrogens is 526 g/mol. The maximum absolute atomic E-state index is 13.0. The summed E-state index contributed by atoms with van der Waals surface area (Å²) in [6.07, 6.45) is 11.1. The van der Waals surface area contributed by atoms with Crippen LogP contribution in [-0.2, 0) is 6.54 Å². The number of hydrogen-bond donors (Lipinski definition) is 4. The van der Waals surface area contributed by atoms with Crippen LogP contribution in [0, 0.1) is 0 Å². The number of rotatable bonds is 6. The Balaban J connectivity index is 0.00000198. The lowest BCUT2D eigenvalue weighted by Gasteiger charge is -2.23. The number of amides is 1. The van der Waals surface area contributed by atoms with Crippen LogP contribution in [0.5, 0.6) is 0 Å². The number of aliphatic imine (C=N–C) groups is 1. The highest BCUT2D eigenvalue weighted by Crippen LogP contribution is 2.23. The van der Waals surface area contributed by atoms with Crippen LogP contribution in [0.4, 0.5) is 5.69 Å². The van der Waals surface area contributed by atoms with Crippen LogP contribution < -0.4 is 22.3 Å². The zero-order chi connectivity index (χ0) is 30.1. The third-order valence-corrected chi connectivity index (χ3v) is 7.28. The Bertz CT molecular complexity index is 1570. The van der Waals surface area contributed by atoms with E-state index < -0.39 is 5.56 Å². The highest BCUT2D eigenvalue weighted by molar-refractivity contribution is 6.09. The van der Waals surface area contributed by atoms with Gasteiger partial charge in [0.2, 0.25) is 0 Å². The van der Waals surface area contributed by atoms with Gasteiger partial charge in [-0.1, -0.05) is 62.4 Å². The number of nitrogen functional groups attached to an aromatic ring is 1. The molecule has 1 amide bonds. The van der Waals surface area contributed by atoms with Gasteiger partial charge in [-0.05, 0) is 55.9 Å². The molecule has 2 heterocycles. The third kappa shape index (κ3) is 7.36. The fraction of sp³-hybridized carbons (Fsp3) is 0.303. The van der Waals surface area contributed by atoms with E-state index in [1.807, 2.05) is 62.4 Å². The van der Waals surface area contributed by atoms with Crippen molar-refractivity contribution in [2.45, 2.75) is 32.9 Å².